The number of hydrogen-bond acceptors (Lipinski definition) is 5. The van der Waals surface area contributed by atoms with Crippen LogP contribution in [0.2, 0.25) is 0 Å². The molecule has 0 bridgehead atoms. The van der Waals surface area contributed by atoms with Gasteiger partial charge in [-0.2, -0.15) is 0 Å². The van der Waals surface area contributed by atoms with Crippen molar-refractivity contribution in [3.05, 3.63) is 70.3 Å². The number of anilines is 1. The van der Waals surface area contributed by atoms with Crippen molar-refractivity contribution in [2.75, 3.05) is 12.4 Å². The lowest BCUT2D eigenvalue weighted by atomic mass is 9.94. The highest BCUT2D eigenvalue weighted by molar-refractivity contribution is 5.80. The zero-order valence-electron chi connectivity index (χ0n) is 19.5. The Morgan fingerprint density at radius 3 is 2.61 bits per heavy atom. The molecule has 7 nitrogen and oxygen atoms in total. The summed E-state index contributed by atoms with van der Waals surface area (Å²) in [5.74, 6) is 1.38. The topological polar surface area (TPSA) is 67.5 Å². The summed E-state index contributed by atoms with van der Waals surface area (Å²) in [6.45, 7) is 3.96. The van der Waals surface area contributed by atoms with Gasteiger partial charge >= 0.3 is 0 Å². The molecule has 7 heteroatoms. The molecule has 0 unspecified atom stereocenters. The Morgan fingerprint density at radius 1 is 1.03 bits per heavy atom. The second-order valence-electron chi connectivity index (χ2n) is 9.04. The van der Waals surface area contributed by atoms with E-state index in [0.29, 0.717) is 30.3 Å². The lowest BCUT2D eigenvalue weighted by Crippen LogP contribution is -2.33. The molecule has 2 aromatic heterocycles. The molecule has 0 spiro atoms. The predicted molar refractivity (Wildman–Crippen MR) is 133 cm³/mol. The maximum absolute atomic E-state index is 12.9. The van der Waals surface area contributed by atoms with Crippen LogP contribution in [0.5, 0.6) is 0 Å². The molecule has 1 aliphatic carbocycles. The molecule has 172 valence electrons. The highest BCUT2D eigenvalue weighted by Crippen LogP contribution is 2.25. The molecular formula is C26H32N6O. The van der Waals surface area contributed by atoms with Crippen LogP contribution in [0.1, 0.15) is 50.4 Å². The molecule has 1 saturated carbocycles. The van der Waals surface area contributed by atoms with Crippen LogP contribution in [0.3, 0.4) is 0 Å². The molecule has 1 aliphatic rings. The Morgan fingerprint density at radius 2 is 1.79 bits per heavy atom. The molecule has 0 saturated heterocycles. The monoisotopic (exact) mass is 444 g/mol. The van der Waals surface area contributed by atoms with Crippen LogP contribution in [-0.2, 0) is 19.6 Å². The van der Waals surface area contributed by atoms with Crippen LogP contribution in [0.4, 0.5) is 5.69 Å². The fourth-order valence-electron chi connectivity index (χ4n) is 5.14. The normalized spacial score (nSPS) is 15.0. The van der Waals surface area contributed by atoms with Gasteiger partial charge in [0, 0.05) is 24.8 Å². The summed E-state index contributed by atoms with van der Waals surface area (Å²) in [7, 11) is 2.24. The third kappa shape index (κ3) is 4.13. The summed E-state index contributed by atoms with van der Waals surface area (Å²) in [4.78, 5) is 15.4. The van der Waals surface area contributed by atoms with Crippen molar-refractivity contribution in [3.8, 4) is 0 Å². The van der Waals surface area contributed by atoms with Crippen molar-refractivity contribution in [1.82, 2.24) is 24.1 Å². The van der Waals surface area contributed by atoms with Gasteiger partial charge in [0.25, 0.3) is 5.56 Å². The van der Waals surface area contributed by atoms with E-state index in [4.69, 9.17) is 0 Å². The summed E-state index contributed by atoms with van der Waals surface area (Å²) in [6, 6.07) is 16.9. The van der Waals surface area contributed by atoms with E-state index < -0.39 is 0 Å². The molecule has 4 aromatic rings. The summed E-state index contributed by atoms with van der Waals surface area (Å²) < 4.78 is 3.69. The highest BCUT2D eigenvalue weighted by Gasteiger charge is 2.19. The van der Waals surface area contributed by atoms with Crippen LogP contribution in [-0.4, -0.2) is 37.2 Å². The largest absolute Gasteiger partial charge is 0.377 e. The standard InChI is InChI=1S/C26H32N6O/c1-3-31-25(33)21-14-8-10-16-23(21)32-24(28-29-26(31)32)17-27-22-15-9-7-11-19(22)18-30(2)20-12-5-4-6-13-20/h7-11,14-16,20,27H,3-6,12-13,17-18H2,1-2H3. The van der Waals surface area contributed by atoms with Crippen molar-refractivity contribution in [2.24, 2.45) is 0 Å². The Hall–Kier alpha value is -3.19. The molecule has 33 heavy (non-hydrogen) atoms. The first-order chi connectivity index (χ1) is 16.2. The fraction of sp³-hybridized carbons (Fsp3) is 0.423. The van der Waals surface area contributed by atoms with Gasteiger partial charge in [-0.1, -0.05) is 49.6 Å². The Bertz CT molecular complexity index is 1320. The number of hydrogen-bond donors (Lipinski definition) is 1. The third-order valence-corrected chi connectivity index (χ3v) is 6.96. The molecule has 0 atom stereocenters. The van der Waals surface area contributed by atoms with Gasteiger partial charge in [0.1, 0.15) is 0 Å². The Kier molecular flexibility index (Phi) is 6.13. The van der Waals surface area contributed by atoms with E-state index >= 15 is 0 Å². The van der Waals surface area contributed by atoms with Crippen molar-refractivity contribution in [2.45, 2.75) is 64.7 Å². The van der Waals surface area contributed by atoms with E-state index in [2.05, 4.69) is 51.7 Å². The minimum absolute atomic E-state index is 0.0244. The maximum Gasteiger partial charge on any atom is 0.262 e. The molecule has 0 radical (unpaired) electrons. The van der Waals surface area contributed by atoms with Gasteiger partial charge in [0.05, 0.1) is 17.4 Å². The second kappa shape index (κ2) is 9.35. The molecular weight excluding hydrogens is 412 g/mol. The number of aromatic nitrogens is 4. The number of para-hydroxylation sites is 2. The summed E-state index contributed by atoms with van der Waals surface area (Å²) in [5.41, 5.74) is 3.22. The summed E-state index contributed by atoms with van der Waals surface area (Å²) >= 11 is 0. The number of benzene rings is 2. The van der Waals surface area contributed by atoms with E-state index in [-0.39, 0.29) is 5.56 Å². The van der Waals surface area contributed by atoms with E-state index in [1.54, 1.807) is 4.57 Å². The van der Waals surface area contributed by atoms with E-state index in [1.165, 1.54) is 37.7 Å². The average molecular weight is 445 g/mol. The molecule has 5 rings (SSSR count). The fourth-order valence-corrected chi connectivity index (χ4v) is 5.14. The number of rotatable bonds is 7. The summed E-state index contributed by atoms with van der Waals surface area (Å²) in [5, 5.41) is 13.1. The molecule has 2 heterocycles. The number of aryl methyl sites for hydroxylation is 1. The van der Waals surface area contributed by atoms with Gasteiger partial charge in [-0.25, -0.2) is 0 Å². The first-order valence-corrected chi connectivity index (χ1v) is 12.0. The second-order valence-corrected chi connectivity index (χ2v) is 9.04. The number of nitrogens with one attached hydrogen (secondary N) is 1. The Labute approximate surface area is 194 Å². The van der Waals surface area contributed by atoms with E-state index in [9.17, 15) is 4.79 Å². The molecule has 1 fully saturated rings. The lowest BCUT2D eigenvalue weighted by Gasteiger charge is -2.31. The average Bonchev–Trinajstić information content (AvgIpc) is 3.28. The van der Waals surface area contributed by atoms with Gasteiger partial charge in [-0.15, -0.1) is 10.2 Å². The molecule has 0 aliphatic heterocycles. The van der Waals surface area contributed by atoms with Crippen molar-refractivity contribution < 1.29 is 0 Å². The van der Waals surface area contributed by atoms with Gasteiger partial charge < -0.3 is 5.32 Å². The third-order valence-electron chi connectivity index (χ3n) is 6.96. The minimum atomic E-state index is -0.0244. The van der Waals surface area contributed by atoms with Crippen LogP contribution >= 0.6 is 0 Å². The van der Waals surface area contributed by atoms with E-state index in [0.717, 1.165) is 23.6 Å². The highest BCUT2D eigenvalue weighted by atomic mass is 16.1. The molecule has 1 N–H and O–H groups in total. The van der Waals surface area contributed by atoms with Crippen LogP contribution in [0, 0.1) is 0 Å². The lowest BCUT2D eigenvalue weighted by molar-refractivity contribution is 0.185. The minimum Gasteiger partial charge on any atom is -0.377 e. The van der Waals surface area contributed by atoms with Gasteiger partial charge in [-0.05, 0) is 50.6 Å². The summed E-state index contributed by atoms with van der Waals surface area (Å²) in [6.07, 6.45) is 6.64. The first-order valence-electron chi connectivity index (χ1n) is 12.0. The van der Waals surface area contributed by atoms with Crippen LogP contribution in [0.15, 0.2) is 53.3 Å². The van der Waals surface area contributed by atoms with Crippen LogP contribution < -0.4 is 10.9 Å². The van der Waals surface area contributed by atoms with Gasteiger partial charge in [0.15, 0.2) is 5.82 Å². The first kappa shape index (κ1) is 21.6. The van der Waals surface area contributed by atoms with Crippen LogP contribution in [0.25, 0.3) is 16.7 Å². The van der Waals surface area contributed by atoms with Gasteiger partial charge in [-0.3, -0.25) is 18.7 Å². The zero-order chi connectivity index (χ0) is 22.8. The zero-order valence-corrected chi connectivity index (χ0v) is 19.5. The number of nitrogens with zero attached hydrogens (tertiary/aromatic N) is 5. The smallest absolute Gasteiger partial charge is 0.262 e. The van der Waals surface area contributed by atoms with Crippen molar-refractivity contribution in [3.63, 3.8) is 0 Å². The quantitative estimate of drug-likeness (QED) is 0.456. The molecule has 0 amide bonds. The SMILES string of the molecule is CCn1c(=O)c2ccccc2n2c(CNc3ccccc3CN(C)C3CCCCC3)nnc12. The molecule has 2 aromatic carbocycles. The van der Waals surface area contributed by atoms with Gasteiger partial charge in [0.2, 0.25) is 5.78 Å². The maximum atomic E-state index is 12.9. The van der Waals surface area contributed by atoms with Crippen molar-refractivity contribution in [1.29, 1.82) is 0 Å². The van der Waals surface area contributed by atoms with E-state index in [1.807, 2.05) is 35.6 Å². The Balaban J connectivity index is 1.43. The predicted octanol–water partition coefficient (Wildman–Crippen LogP) is 4.44. The van der Waals surface area contributed by atoms with Crippen molar-refractivity contribution >= 4 is 22.4 Å². The number of fused-ring (bicyclic) bond motifs is 3.